The number of amides is 2. The molecule has 0 aliphatic carbocycles. The van der Waals surface area contributed by atoms with Crippen LogP contribution in [0.25, 0.3) is 0 Å². The van der Waals surface area contributed by atoms with Gasteiger partial charge in [0.05, 0.1) is 24.0 Å². The number of aliphatic hydroxyl groups is 1. The lowest BCUT2D eigenvalue weighted by molar-refractivity contribution is -0.126. The molecule has 2 fully saturated rings. The van der Waals surface area contributed by atoms with Gasteiger partial charge in [-0.15, -0.1) is 0 Å². The molecule has 0 radical (unpaired) electrons. The Morgan fingerprint density at radius 2 is 1.72 bits per heavy atom. The number of aliphatic hydroxyl groups excluding tert-OH is 1. The topological polar surface area (TPSA) is 70.1 Å². The normalized spacial score (nSPS) is 25.6. The fourth-order valence-electron chi connectivity index (χ4n) is 3.53. The Balaban J connectivity index is 1.68. The summed E-state index contributed by atoms with van der Waals surface area (Å²) in [5.41, 5.74) is 2.20. The molecule has 3 atom stereocenters. The maximum Gasteiger partial charge on any atom is 0.266 e. The average molecular weight is 338 g/mol. The second-order valence-electron chi connectivity index (χ2n) is 6.31. The highest BCUT2D eigenvalue weighted by Gasteiger charge is 2.59. The van der Waals surface area contributed by atoms with Gasteiger partial charge in [0.25, 0.3) is 5.91 Å². The Labute approximate surface area is 145 Å². The van der Waals surface area contributed by atoms with Crippen LogP contribution < -0.4 is 9.96 Å². The van der Waals surface area contributed by atoms with E-state index >= 15 is 0 Å². The highest BCUT2D eigenvalue weighted by molar-refractivity contribution is 6.23. The minimum atomic E-state index is -0.912. The monoisotopic (exact) mass is 338 g/mol. The number of anilines is 2. The van der Waals surface area contributed by atoms with Crippen LogP contribution in [0.15, 0.2) is 54.6 Å². The summed E-state index contributed by atoms with van der Waals surface area (Å²) in [7, 11) is 0. The molecule has 1 N–H and O–H groups in total. The van der Waals surface area contributed by atoms with Gasteiger partial charge in [-0.1, -0.05) is 30.3 Å². The summed E-state index contributed by atoms with van der Waals surface area (Å²) < 4.78 is 0. The Morgan fingerprint density at radius 1 is 1.00 bits per heavy atom. The minimum Gasteiger partial charge on any atom is -0.394 e. The first-order chi connectivity index (χ1) is 12.1. The summed E-state index contributed by atoms with van der Waals surface area (Å²) in [6.45, 7) is 1.62. The lowest BCUT2D eigenvalue weighted by Crippen LogP contribution is -2.42. The van der Waals surface area contributed by atoms with E-state index < -0.39 is 24.0 Å². The van der Waals surface area contributed by atoms with E-state index in [0.29, 0.717) is 11.4 Å². The van der Waals surface area contributed by atoms with Crippen LogP contribution in [0.2, 0.25) is 0 Å². The molecule has 0 saturated carbocycles. The standard InChI is InChI=1S/C19H18N2O4/c1-12-6-5-9-14(10-12)20-18(23)16-15(11-22)21(25-17(16)19(20)24)13-7-3-2-4-8-13/h2-10,15-17,22H,11H2,1H3. The first kappa shape index (κ1) is 15.8. The van der Waals surface area contributed by atoms with Crippen LogP contribution in [0.1, 0.15) is 5.56 Å². The molecule has 128 valence electrons. The number of para-hydroxylation sites is 1. The van der Waals surface area contributed by atoms with Crippen LogP contribution in [-0.4, -0.2) is 35.7 Å². The van der Waals surface area contributed by atoms with Gasteiger partial charge < -0.3 is 5.11 Å². The van der Waals surface area contributed by atoms with Crippen LogP contribution in [0.5, 0.6) is 0 Å². The zero-order valence-electron chi connectivity index (χ0n) is 13.7. The summed E-state index contributed by atoms with van der Waals surface area (Å²) in [6, 6.07) is 15.8. The number of hydrogen-bond acceptors (Lipinski definition) is 5. The lowest BCUT2D eigenvalue weighted by Gasteiger charge is -2.27. The summed E-state index contributed by atoms with van der Waals surface area (Å²) in [5, 5.41) is 11.3. The van der Waals surface area contributed by atoms with Crippen molar-refractivity contribution in [2.24, 2.45) is 5.92 Å². The lowest BCUT2D eigenvalue weighted by atomic mass is 9.97. The second kappa shape index (κ2) is 5.98. The van der Waals surface area contributed by atoms with E-state index in [2.05, 4.69) is 0 Å². The zero-order valence-corrected chi connectivity index (χ0v) is 13.7. The smallest absolute Gasteiger partial charge is 0.266 e. The van der Waals surface area contributed by atoms with Crippen LogP contribution >= 0.6 is 0 Å². The maximum atomic E-state index is 12.9. The molecule has 0 bridgehead atoms. The van der Waals surface area contributed by atoms with Crippen molar-refractivity contribution < 1.29 is 19.5 Å². The van der Waals surface area contributed by atoms with Crippen molar-refractivity contribution in [3.05, 3.63) is 60.2 Å². The third kappa shape index (κ3) is 2.42. The second-order valence-corrected chi connectivity index (χ2v) is 6.31. The van der Waals surface area contributed by atoms with Crippen molar-refractivity contribution in [3.63, 3.8) is 0 Å². The number of hydrogen-bond donors (Lipinski definition) is 1. The van der Waals surface area contributed by atoms with E-state index in [1.807, 2.05) is 43.3 Å². The van der Waals surface area contributed by atoms with Gasteiger partial charge in [-0.25, -0.2) is 9.96 Å². The molecule has 6 nitrogen and oxygen atoms in total. The van der Waals surface area contributed by atoms with Crippen molar-refractivity contribution in [2.75, 3.05) is 16.6 Å². The summed E-state index contributed by atoms with van der Waals surface area (Å²) in [4.78, 5) is 32.7. The van der Waals surface area contributed by atoms with Gasteiger partial charge in [0.15, 0.2) is 6.10 Å². The van der Waals surface area contributed by atoms with Gasteiger partial charge in [-0.3, -0.25) is 14.4 Å². The zero-order chi connectivity index (χ0) is 17.6. The third-order valence-corrected chi connectivity index (χ3v) is 4.70. The molecule has 0 aromatic heterocycles. The molecule has 2 amide bonds. The Kier molecular flexibility index (Phi) is 3.78. The number of imide groups is 1. The van der Waals surface area contributed by atoms with Crippen LogP contribution in [0, 0.1) is 12.8 Å². The van der Waals surface area contributed by atoms with Gasteiger partial charge >= 0.3 is 0 Å². The fourth-order valence-corrected chi connectivity index (χ4v) is 3.53. The molecule has 2 aromatic rings. The van der Waals surface area contributed by atoms with Gasteiger partial charge in [0, 0.05) is 0 Å². The number of carbonyl (C=O) groups is 2. The molecule has 25 heavy (non-hydrogen) atoms. The van der Waals surface area contributed by atoms with Gasteiger partial charge in [-0.05, 0) is 36.8 Å². The number of benzene rings is 2. The molecule has 6 heteroatoms. The van der Waals surface area contributed by atoms with Crippen molar-refractivity contribution in [1.82, 2.24) is 0 Å². The van der Waals surface area contributed by atoms with E-state index in [9.17, 15) is 14.7 Å². The number of aryl methyl sites for hydroxylation is 1. The highest BCUT2D eigenvalue weighted by atomic mass is 16.7. The van der Waals surface area contributed by atoms with E-state index in [1.165, 1.54) is 9.96 Å². The Morgan fingerprint density at radius 3 is 2.40 bits per heavy atom. The molecule has 4 rings (SSSR count). The predicted octanol–water partition coefficient (Wildman–Crippen LogP) is 1.67. The quantitative estimate of drug-likeness (QED) is 0.862. The molecule has 3 unspecified atom stereocenters. The van der Waals surface area contributed by atoms with Crippen LogP contribution in [0.4, 0.5) is 11.4 Å². The van der Waals surface area contributed by atoms with E-state index in [0.717, 1.165) is 5.56 Å². The van der Waals surface area contributed by atoms with Crippen LogP contribution in [-0.2, 0) is 14.4 Å². The molecule has 2 heterocycles. The van der Waals surface area contributed by atoms with E-state index in [1.54, 1.807) is 18.2 Å². The first-order valence-corrected chi connectivity index (χ1v) is 8.18. The number of hydroxylamine groups is 1. The number of rotatable bonds is 3. The fraction of sp³-hybridized carbons (Fsp3) is 0.263. The molecule has 2 aliphatic heterocycles. The van der Waals surface area contributed by atoms with E-state index in [-0.39, 0.29) is 12.5 Å². The van der Waals surface area contributed by atoms with Crippen molar-refractivity contribution in [1.29, 1.82) is 0 Å². The van der Waals surface area contributed by atoms with Crippen molar-refractivity contribution >= 4 is 23.2 Å². The van der Waals surface area contributed by atoms with Crippen LogP contribution in [0.3, 0.4) is 0 Å². The molecular formula is C19H18N2O4. The minimum absolute atomic E-state index is 0.281. The predicted molar refractivity (Wildman–Crippen MR) is 91.8 cm³/mol. The molecule has 2 aliphatic rings. The molecule has 2 aromatic carbocycles. The summed E-state index contributed by atoms with van der Waals surface area (Å²) in [5.74, 6) is -1.45. The number of nitrogens with zero attached hydrogens (tertiary/aromatic N) is 2. The SMILES string of the molecule is Cc1cccc(N2C(=O)C3ON(c4ccccc4)C(CO)C3C2=O)c1. The largest absolute Gasteiger partial charge is 0.394 e. The molecule has 2 saturated heterocycles. The average Bonchev–Trinajstić information content (AvgIpc) is 3.12. The van der Waals surface area contributed by atoms with Gasteiger partial charge in [0.1, 0.15) is 5.92 Å². The Hall–Kier alpha value is -2.70. The number of carbonyl (C=O) groups excluding carboxylic acids is 2. The first-order valence-electron chi connectivity index (χ1n) is 8.18. The Bertz CT molecular complexity index is 823. The van der Waals surface area contributed by atoms with E-state index in [4.69, 9.17) is 4.84 Å². The van der Waals surface area contributed by atoms with Crippen molar-refractivity contribution in [2.45, 2.75) is 19.1 Å². The molecule has 0 spiro atoms. The summed E-state index contributed by atoms with van der Waals surface area (Å²) >= 11 is 0. The third-order valence-electron chi connectivity index (χ3n) is 4.70. The van der Waals surface area contributed by atoms with Gasteiger partial charge in [-0.2, -0.15) is 0 Å². The molecular weight excluding hydrogens is 320 g/mol. The number of fused-ring (bicyclic) bond motifs is 1. The summed E-state index contributed by atoms with van der Waals surface area (Å²) in [6.07, 6.45) is -0.912. The maximum absolute atomic E-state index is 12.9. The highest BCUT2D eigenvalue weighted by Crippen LogP contribution is 2.40. The van der Waals surface area contributed by atoms with Crippen molar-refractivity contribution in [3.8, 4) is 0 Å². The van der Waals surface area contributed by atoms with Gasteiger partial charge in [0.2, 0.25) is 5.91 Å².